The van der Waals surface area contributed by atoms with Crippen LogP contribution in [0.4, 0.5) is 5.88 Å². The summed E-state index contributed by atoms with van der Waals surface area (Å²) in [6.07, 6.45) is 1.56. The Balaban J connectivity index is 1.27. The normalized spacial score (nSPS) is 16.5. The molecule has 0 unspecified atom stereocenters. The van der Waals surface area contributed by atoms with Crippen LogP contribution >= 0.6 is 15.9 Å². The monoisotopic (exact) mass is 470 g/mol. The Bertz CT molecular complexity index is 1080. The minimum absolute atomic E-state index is 0.282. The Labute approximate surface area is 181 Å². The number of fused-ring (bicyclic) bond motifs is 1. The molecule has 0 spiro atoms. The molecule has 8 nitrogen and oxygen atoms in total. The van der Waals surface area contributed by atoms with Crippen LogP contribution in [-0.4, -0.2) is 49.3 Å². The maximum Gasteiger partial charge on any atom is 0.266 e. The van der Waals surface area contributed by atoms with Crippen molar-refractivity contribution < 1.29 is 18.3 Å². The van der Waals surface area contributed by atoms with Gasteiger partial charge in [0.1, 0.15) is 19.3 Å². The summed E-state index contributed by atoms with van der Waals surface area (Å²) in [6.45, 7) is 5.10. The molecule has 1 aromatic carbocycles. The van der Waals surface area contributed by atoms with Gasteiger partial charge in [-0.2, -0.15) is 10.2 Å². The molecule has 1 fully saturated rings. The van der Waals surface area contributed by atoms with Crippen molar-refractivity contribution in [1.82, 2.24) is 9.88 Å². The van der Waals surface area contributed by atoms with Gasteiger partial charge in [-0.25, -0.2) is 0 Å². The van der Waals surface area contributed by atoms with Crippen molar-refractivity contribution in [3.63, 3.8) is 0 Å². The second-order valence-electron chi connectivity index (χ2n) is 7.11. The van der Waals surface area contributed by atoms with Crippen LogP contribution in [0.15, 0.2) is 43.8 Å². The smallest absolute Gasteiger partial charge is 0.266 e. The van der Waals surface area contributed by atoms with Crippen LogP contribution in [0, 0.1) is 11.3 Å². The van der Waals surface area contributed by atoms with Crippen LogP contribution in [-0.2, 0) is 6.54 Å². The number of hydrogen-bond donors (Lipinski definition) is 0. The largest absolute Gasteiger partial charge is 0.486 e. The van der Waals surface area contributed by atoms with Gasteiger partial charge in [0, 0.05) is 37.2 Å². The van der Waals surface area contributed by atoms with Crippen LogP contribution in [0.2, 0.25) is 0 Å². The molecule has 1 saturated heterocycles. The quantitative estimate of drug-likeness (QED) is 0.570. The fourth-order valence-corrected chi connectivity index (χ4v) is 4.13. The summed E-state index contributed by atoms with van der Waals surface area (Å²) >= 11 is 3.65. The number of ether oxygens (including phenoxy) is 2. The highest BCUT2D eigenvalue weighted by atomic mass is 79.9. The lowest BCUT2D eigenvalue weighted by Gasteiger charge is -2.34. The van der Waals surface area contributed by atoms with Gasteiger partial charge in [0.15, 0.2) is 17.3 Å². The average Bonchev–Trinajstić information content (AvgIpc) is 3.45. The number of oxazole rings is 1. The predicted octanol–water partition coefficient (Wildman–Crippen LogP) is 3.66. The molecule has 154 valence electrons. The molecule has 0 saturated carbocycles. The van der Waals surface area contributed by atoms with E-state index in [0.29, 0.717) is 30.7 Å². The van der Waals surface area contributed by atoms with Gasteiger partial charge >= 0.3 is 0 Å². The van der Waals surface area contributed by atoms with Gasteiger partial charge in [-0.15, -0.1) is 0 Å². The minimum atomic E-state index is 0.282. The van der Waals surface area contributed by atoms with Gasteiger partial charge in [-0.3, -0.25) is 4.90 Å². The molecule has 2 aliphatic heterocycles. The predicted molar refractivity (Wildman–Crippen MR) is 112 cm³/mol. The van der Waals surface area contributed by atoms with Gasteiger partial charge in [-0.1, -0.05) is 15.9 Å². The summed E-state index contributed by atoms with van der Waals surface area (Å²) < 4.78 is 23.6. The van der Waals surface area contributed by atoms with Crippen molar-refractivity contribution in [3.8, 4) is 29.2 Å². The molecular formula is C21H19BrN4O4. The van der Waals surface area contributed by atoms with E-state index in [1.165, 1.54) is 0 Å². The van der Waals surface area contributed by atoms with E-state index < -0.39 is 0 Å². The van der Waals surface area contributed by atoms with Gasteiger partial charge in [0.05, 0.1) is 6.26 Å². The number of piperazine rings is 1. The standard InChI is InChI=1S/C21H19BrN4O4/c22-15-11-19-18(28-8-9-29-19)10-14(15)13-25-3-5-26(6-4-25)21-16(12-23)24-20(30-21)17-2-1-7-27-17/h1-2,7,10-11H,3-6,8-9,13H2. The van der Waals surface area contributed by atoms with Crippen molar-refractivity contribution in [2.24, 2.45) is 0 Å². The summed E-state index contributed by atoms with van der Waals surface area (Å²) in [7, 11) is 0. The SMILES string of the molecule is N#Cc1nc(-c2ccco2)oc1N1CCN(Cc2cc3c(cc2Br)OCCO3)CC1. The summed E-state index contributed by atoms with van der Waals surface area (Å²) in [6, 6.07) is 9.68. The number of hydrogen-bond acceptors (Lipinski definition) is 8. The zero-order chi connectivity index (χ0) is 20.5. The van der Waals surface area contributed by atoms with Gasteiger partial charge in [0.25, 0.3) is 5.89 Å². The lowest BCUT2D eigenvalue weighted by Crippen LogP contribution is -2.46. The van der Waals surface area contributed by atoms with Crippen molar-refractivity contribution >= 4 is 21.8 Å². The maximum absolute atomic E-state index is 9.47. The average molecular weight is 471 g/mol. The number of aromatic nitrogens is 1. The number of nitriles is 1. The Hall–Kier alpha value is -2.96. The third kappa shape index (κ3) is 3.64. The number of nitrogens with zero attached hydrogens (tertiary/aromatic N) is 4. The van der Waals surface area contributed by atoms with Crippen molar-refractivity contribution in [2.45, 2.75) is 6.54 Å². The van der Waals surface area contributed by atoms with Crippen LogP contribution < -0.4 is 14.4 Å². The molecule has 2 aliphatic rings. The Morgan fingerprint density at radius 1 is 1.10 bits per heavy atom. The first kappa shape index (κ1) is 19.0. The second-order valence-corrected chi connectivity index (χ2v) is 7.97. The highest BCUT2D eigenvalue weighted by Crippen LogP contribution is 2.36. The van der Waals surface area contributed by atoms with Crippen LogP contribution in [0.3, 0.4) is 0 Å². The lowest BCUT2D eigenvalue weighted by molar-refractivity contribution is 0.170. The number of benzene rings is 1. The summed E-state index contributed by atoms with van der Waals surface area (Å²) in [5.41, 5.74) is 1.44. The van der Waals surface area contributed by atoms with Gasteiger partial charge < -0.3 is 23.2 Å². The van der Waals surface area contributed by atoms with Crippen molar-refractivity contribution in [1.29, 1.82) is 5.26 Å². The van der Waals surface area contributed by atoms with Crippen LogP contribution in [0.25, 0.3) is 11.7 Å². The third-order valence-corrected chi connectivity index (χ3v) is 5.95. The lowest BCUT2D eigenvalue weighted by atomic mass is 10.1. The molecule has 0 N–H and O–H groups in total. The molecule has 2 aromatic heterocycles. The Morgan fingerprint density at radius 3 is 2.57 bits per heavy atom. The van der Waals surface area contributed by atoms with Gasteiger partial charge in [0.2, 0.25) is 11.6 Å². The van der Waals surface area contributed by atoms with E-state index in [1.807, 2.05) is 12.1 Å². The van der Waals surface area contributed by atoms with E-state index in [0.717, 1.165) is 54.3 Å². The molecule has 5 rings (SSSR count). The van der Waals surface area contributed by atoms with E-state index >= 15 is 0 Å². The van der Waals surface area contributed by atoms with Gasteiger partial charge in [-0.05, 0) is 29.8 Å². The molecule has 0 amide bonds. The van der Waals surface area contributed by atoms with E-state index in [-0.39, 0.29) is 5.69 Å². The number of anilines is 1. The van der Waals surface area contributed by atoms with E-state index in [4.69, 9.17) is 18.3 Å². The maximum atomic E-state index is 9.47. The fraction of sp³-hybridized carbons (Fsp3) is 0.333. The molecular weight excluding hydrogens is 452 g/mol. The second kappa shape index (κ2) is 8.05. The van der Waals surface area contributed by atoms with E-state index in [2.05, 4.69) is 36.8 Å². The van der Waals surface area contributed by atoms with Crippen molar-refractivity contribution in [3.05, 3.63) is 46.3 Å². The van der Waals surface area contributed by atoms with E-state index in [9.17, 15) is 5.26 Å². The van der Waals surface area contributed by atoms with E-state index in [1.54, 1.807) is 18.4 Å². The first-order valence-electron chi connectivity index (χ1n) is 9.71. The first-order valence-corrected chi connectivity index (χ1v) is 10.5. The van der Waals surface area contributed by atoms with Crippen LogP contribution in [0.1, 0.15) is 11.3 Å². The third-order valence-electron chi connectivity index (χ3n) is 5.21. The summed E-state index contributed by atoms with van der Waals surface area (Å²) in [5.74, 6) is 2.92. The van der Waals surface area contributed by atoms with Crippen LogP contribution in [0.5, 0.6) is 11.5 Å². The zero-order valence-corrected chi connectivity index (χ0v) is 17.7. The first-order chi connectivity index (χ1) is 14.7. The highest BCUT2D eigenvalue weighted by Gasteiger charge is 2.26. The number of halogens is 1. The topological polar surface area (TPSA) is 87.9 Å². The zero-order valence-electron chi connectivity index (χ0n) is 16.1. The Morgan fingerprint density at radius 2 is 1.87 bits per heavy atom. The molecule has 3 aromatic rings. The molecule has 9 heteroatoms. The van der Waals surface area contributed by atoms with Crippen molar-refractivity contribution in [2.75, 3.05) is 44.3 Å². The number of furan rings is 1. The summed E-state index contributed by atoms with van der Waals surface area (Å²) in [5, 5.41) is 9.47. The minimum Gasteiger partial charge on any atom is -0.486 e. The molecule has 0 aliphatic carbocycles. The molecule has 0 bridgehead atoms. The summed E-state index contributed by atoms with van der Waals surface area (Å²) in [4.78, 5) is 8.70. The Kier molecular flexibility index (Phi) is 5.11. The molecule has 30 heavy (non-hydrogen) atoms. The molecule has 0 radical (unpaired) electrons. The number of rotatable bonds is 4. The fourth-order valence-electron chi connectivity index (χ4n) is 3.68. The molecule has 0 atom stereocenters. The molecule has 4 heterocycles. The highest BCUT2D eigenvalue weighted by molar-refractivity contribution is 9.10.